The third-order valence-electron chi connectivity index (χ3n) is 4.57. The summed E-state index contributed by atoms with van der Waals surface area (Å²) in [5, 5.41) is 30.2. The standard InChI is InChI=1S/C23H21N3O4/c1-14-5-3-4-6-21(14)26-25-19-7-8-20(15(2)9-19)24-13-16-10-17(22(27)28)12-18(11-16)23(29)30/h3-12,24H,13H2,1-2H3,(H,27,28)(H,29,30). The predicted octanol–water partition coefficient (Wildman–Crippen LogP) is 5.73. The predicted molar refractivity (Wildman–Crippen MR) is 114 cm³/mol. The highest BCUT2D eigenvalue weighted by atomic mass is 16.4. The molecule has 7 heteroatoms. The molecule has 0 aliphatic heterocycles. The van der Waals surface area contributed by atoms with Gasteiger partial charge in [0.1, 0.15) is 0 Å². The molecule has 3 aromatic rings. The zero-order valence-electron chi connectivity index (χ0n) is 16.6. The molecule has 0 fully saturated rings. The van der Waals surface area contributed by atoms with Crippen LogP contribution >= 0.6 is 0 Å². The number of carboxylic acid groups (broad SMARTS) is 2. The molecule has 0 unspecified atom stereocenters. The SMILES string of the molecule is Cc1ccccc1N=Nc1ccc(NCc2cc(C(=O)O)cc(C(=O)O)c2)c(C)c1. The first-order valence-electron chi connectivity index (χ1n) is 9.26. The summed E-state index contributed by atoms with van der Waals surface area (Å²) in [6, 6.07) is 17.4. The highest BCUT2D eigenvalue weighted by Gasteiger charge is 2.11. The first kappa shape index (κ1) is 20.7. The molecule has 0 aliphatic rings. The van der Waals surface area contributed by atoms with Crippen molar-refractivity contribution < 1.29 is 19.8 Å². The number of azo groups is 1. The lowest BCUT2D eigenvalue weighted by Crippen LogP contribution is -2.07. The van der Waals surface area contributed by atoms with Crippen LogP contribution in [0.15, 0.2) is 70.9 Å². The minimum atomic E-state index is -1.17. The molecule has 0 aromatic heterocycles. The van der Waals surface area contributed by atoms with E-state index >= 15 is 0 Å². The smallest absolute Gasteiger partial charge is 0.335 e. The molecular formula is C23H21N3O4. The van der Waals surface area contributed by atoms with Crippen LogP contribution in [-0.4, -0.2) is 22.2 Å². The van der Waals surface area contributed by atoms with Crippen molar-refractivity contribution in [1.29, 1.82) is 0 Å². The minimum absolute atomic E-state index is 0.0598. The van der Waals surface area contributed by atoms with Crippen LogP contribution in [0.4, 0.5) is 17.1 Å². The van der Waals surface area contributed by atoms with Crippen molar-refractivity contribution in [1.82, 2.24) is 0 Å². The Morgan fingerprint density at radius 3 is 2.10 bits per heavy atom. The molecule has 0 saturated heterocycles. The Balaban J connectivity index is 1.75. The van der Waals surface area contributed by atoms with E-state index in [2.05, 4.69) is 15.5 Å². The molecule has 3 aromatic carbocycles. The Bertz CT molecular complexity index is 1110. The topological polar surface area (TPSA) is 111 Å². The first-order valence-corrected chi connectivity index (χ1v) is 9.26. The van der Waals surface area contributed by atoms with Gasteiger partial charge in [0.15, 0.2) is 0 Å². The summed E-state index contributed by atoms with van der Waals surface area (Å²) in [7, 11) is 0. The second-order valence-corrected chi connectivity index (χ2v) is 6.87. The second kappa shape index (κ2) is 9.00. The molecule has 3 N–H and O–H groups in total. The fourth-order valence-corrected chi connectivity index (χ4v) is 2.93. The number of anilines is 1. The summed E-state index contributed by atoms with van der Waals surface area (Å²) in [4.78, 5) is 22.5. The van der Waals surface area contributed by atoms with Crippen molar-refractivity contribution in [3.8, 4) is 0 Å². The number of nitrogens with one attached hydrogen (secondary N) is 1. The van der Waals surface area contributed by atoms with Crippen LogP contribution in [0.1, 0.15) is 37.4 Å². The molecule has 30 heavy (non-hydrogen) atoms. The molecule has 0 heterocycles. The average Bonchev–Trinajstić information content (AvgIpc) is 2.72. The van der Waals surface area contributed by atoms with Crippen molar-refractivity contribution in [3.63, 3.8) is 0 Å². The largest absolute Gasteiger partial charge is 0.478 e. The van der Waals surface area contributed by atoms with E-state index in [4.69, 9.17) is 0 Å². The maximum absolute atomic E-state index is 11.2. The molecule has 152 valence electrons. The molecule has 0 spiro atoms. The van der Waals surface area contributed by atoms with Crippen LogP contribution in [0.2, 0.25) is 0 Å². The number of benzene rings is 3. The van der Waals surface area contributed by atoms with Gasteiger partial charge in [-0.25, -0.2) is 9.59 Å². The van der Waals surface area contributed by atoms with Crippen molar-refractivity contribution in [3.05, 3.63) is 88.5 Å². The van der Waals surface area contributed by atoms with Crippen LogP contribution < -0.4 is 5.32 Å². The molecule has 0 radical (unpaired) electrons. The van der Waals surface area contributed by atoms with Gasteiger partial charge in [-0.2, -0.15) is 10.2 Å². The van der Waals surface area contributed by atoms with Gasteiger partial charge in [0.05, 0.1) is 22.5 Å². The summed E-state index contributed by atoms with van der Waals surface area (Å²) in [6.45, 7) is 4.18. The number of aromatic carboxylic acids is 2. The molecule has 0 bridgehead atoms. The van der Waals surface area contributed by atoms with E-state index in [9.17, 15) is 19.8 Å². The van der Waals surface area contributed by atoms with Crippen LogP contribution in [0.25, 0.3) is 0 Å². The zero-order valence-corrected chi connectivity index (χ0v) is 16.6. The Hall–Kier alpha value is -4.00. The first-order chi connectivity index (χ1) is 14.3. The molecule has 0 atom stereocenters. The fourth-order valence-electron chi connectivity index (χ4n) is 2.93. The second-order valence-electron chi connectivity index (χ2n) is 6.87. The summed E-state index contributed by atoms with van der Waals surface area (Å²) >= 11 is 0. The maximum Gasteiger partial charge on any atom is 0.335 e. The Morgan fingerprint density at radius 2 is 1.50 bits per heavy atom. The molecule has 0 amide bonds. The molecule has 7 nitrogen and oxygen atoms in total. The van der Waals surface area contributed by atoms with E-state index in [1.807, 2.05) is 56.3 Å². The van der Waals surface area contributed by atoms with Crippen LogP contribution in [0.3, 0.4) is 0 Å². The molecule has 0 saturated carbocycles. The van der Waals surface area contributed by atoms with E-state index in [0.717, 1.165) is 28.6 Å². The third kappa shape index (κ3) is 5.08. The van der Waals surface area contributed by atoms with Crippen molar-refractivity contribution in [2.24, 2.45) is 10.2 Å². The number of hydrogen-bond donors (Lipinski definition) is 3. The minimum Gasteiger partial charge on any atom is -0.478 e. The summed E-state index contributed by atoms with van der Waals surface area (Å²) in [5.74, 6) is -2.34. The number of aryl methyl sites for hydroxylation is 2. The fraction of sp³-hybridized carbons (Fsp3) is 0.130. The number of carboxylic acids is 2. The van der Waals surface area contributed by atoms with Gasteiger partial charge in [-0.3, -0.25) is 0 Å². The quantitative estimate of drug-likeness (QED) is 0.436. The van der Waals surface area contributed by atoms with E-state index in [-0.39, 0.29) is 17.7 Å². The normalized spacial score (nSPS) is 10.9. The Labute approximate surface area is 173 Å². The summed E-state index contributed by atoms with van der Waals surface area (Å²) in [6.07, 6.45) is 0. The lowest BCUT2D eigenvalue weighted by Gasteiger charge is -2.11. The van der Waals surface area contributed by atoms with Gasteiger partial charge in [0, 0.05) is 12.2 Å². The van der Waals surface area contributed by atoms with E-state index in [1.165, 1.54) is 12.1 Å². The van der Waals surface area contributed by atoms with Gasteiger partial charge in [0.25, 0.3) is 0 Å². The Morgan fingerprint density at radius 1 is 0.833 bits per heavy atom. The van der Waals surface area contributed by atoms with Crippen molar-refractivity contribution in [2.45, 2.75) is 20.4 Å². The maximum atomic E-state index is 11.2. The van der Waals surface area contributed by atoms with Crippen molar-refractivity contribution >= 4 is 29.0 Å². The van der Waals surface area contributed by atoms with Gasteiger partial charge in [-0.1, -0.05) is 18.2 Å². The highest BCUT2D eigenvalue weighted by Crippen LogP contribution is 2.25. The number of nitrogens with zero attached hydrogens (tertiary/aromatic N) is 2. The zero-order chi connectivity index (χ0) is 21.7. The number of rotatable bonds is 7. The molecule has 0 aliphatic carbocycles. The lowest BCUT2D eigenvalue weighted by molar-refractivity contribution is 0.0696. The number of carbonyl (C=O) groups is 2. The van der Waals surface area contributed by atoms with E-state index in [0.29, 0.717) is 11.3 Å². The van der Waals surface area contributed by atoms with E-state index < -0.39 is 11.9 Å². The van der Waals surface area contributed by atoms with Gasteiger partial charge < -0.3 is 15.5 Å². The molecular weight excluding hydrogens is 382 g/mol. The van der Waals surface area contributed by atoms with Gasteiger partial charge in [-0.15, -0.1) is 0 Å². The molecule has 3 rings (SSSR count). The van der Waals surface area contributed by atoms with E-state index in [1.54, 1.807) is 0 Å². The van der Waals surface area contributed by atoms with Crippen LogP contribution in [0, 0.1) is 13.8 Å². The lowest BCUT2D eigenvalue weighted by atomic mass is 10.1. The third-order valence-corrected chi connectivity index (χ3v) is 4.57. The van der Waals surface area contributed by atoms with Crippen molar-refractivity contribution in [2.75, 3.05) is 5.32 Å². The summed E-state index contributed by atoms with van der Waals surface area (Å²) < 4.78 is 0. The van der Waals surface area contributed by atoms with Crippen LogP contribution in [0.5, 0.6) is 0 Å². The highest BCUT2D eigenvalue weighted by molar-refractivity contribution is 5.94. The van der Waals surface area contributed by atoms with Gasteiger partial charge >= 0.3 is 11.9 Å². The van der Waals surface area contributed by atoms with Gasteiger partial charge in [0.2, 0.25) is 0 Å². The van der Waals surface area contributed by atoms with Crippen LogP contribution in [-0.2, 0) is 6.54 Å². The van der Waals surface area contributed by atoms with Gasteiger partial charge in [-0.05, 0) is 73.0 Å². The monoisotopic (exact) mass is 403 g/mol. The summed E-state index contributed by atoms with van der Waals surface area (Å²) in [5.41, 5.74) is 4.78. The Kier molecular flexibility index (Phi) is 6.22. The average molecular weight is 403 g/mol. The number of hydrogen-bond acceptors (Lipinski definition) is 5.